The van der Waals surface area contributed by atoms with Gasteiger partial charge in [0.15, 0.2) is 0 Å². The number of nitrogens with zero attached hydrogens (tertiary/aromatic N) is 1. The maximum Gasteiger partial charge on any atom is 0.280 e. The van der Waals surface area contributed by atoms with Crippen molar-refractivity contribution in [2.24, 2.45) is 0 Å². The number of hydrogen-bond acceptors (Lipinski definition) is 3. The monoisotopic (exact) mass is 283 g/mol. The van der Waals surface area contributed by atoms with Gasteiger partial charge in [0.1, 0.15) is 0 Å². The van der Waals surface area contributed by atoms with Gasteiger partial charge in [0, 0.05) is 24.3 Å². The van der Waals surface area contributed by atoms with Crippen LogP contribution in [0.25, 0.3) is 0 Å². The van der Waals surface area contributed by atoms with Crippen molar-refractivity contribution >= 4 is 15.9 Å². The first-order valence-electron chi connectivity index (χ1n) is 6.52. The summed E-state index contributed by atoms with van der Waals surface area (Å²) in [5.74, 6) is 0. The molecule has 1 aromatic rings. The molecule has 3 N–H and O–H groups in total. The van der Waals surface area contributed by atoms with Crippen molar-refractivity contribution in [2.75, 3.05) is 5.73 Å². The van der Waals surface area contributed by atoms with Gasteiger partial charge >= 0.3 is 0 Å². The Morgan fingerprint density at radius 3 is 2.37 bits per heavy atom. The van der Waals surface area contributed by atoms with Crippen molar-refractivity contribution in [2.45, 2.75) is 45.3 Å². The molecule has 0 aromatic heterocycles. The Labute approximate surface area is 115 Å². The van der Waals surface area contributed by atoms with E-state index in [1.165, 1.54) is 0 Å². The van der Waals surface area contributed by atoms with E-state index in [-0.39, 0.29) is 12.1 Å². The predicted octanol–water partition coefficient (Wildman–Crippen LogP) is 1.48. The highest BCUT2D eigenvalue weighted by Crippen LogP contribution is 2.30. The maximum absolute atomic E-state index is 12.3. The highest BCUT2D eigenvalue weighted by molar-refractivity contribution is 7.87. The van der Waals surface area contributed by atoms with Crippen LogP contribution in [0.15, 0.2) is 24.3 Å². The van der Waals surface area contributed by atoms with E-state index in [0.717, 1.165) is 18.4 Å². The van der Waals surface area contributed by atoms with Gasteiger partial charge in [-0.25, -0.2) is 0 Å². The first kappa shape index (κ1) is 14.3. The van der Waals surface area contributed by atoms with Crippen LogP contribution in [-0.4, -0.2) is 24.8 Å². The average Bonchev–Trinajstić information content (AvgIpc) is 3.10. The lowest BCUT2D eigenvalue weighted by atomic mass is 10.2. The molecule has 1 fully saturated rings. The smallest absolute Gasteiger partial charge is 0.280 e. The molecule has 0 unspecified atom stereocenters. The van der Waals surface area contributed by atoms with Gasteiger partial charge in [-0.15, -0.1) is 0 Å². The normalized spacial score (nSPS) is 16.2. The molecule has 0 amide bonds. The molecule has 5 nitrogen and oxygen atoms in total. The number of rotatable bonds is 6. The summed E-state index contributed by atoms with van der Waals surface area (Å²) in [5.41, 5.74) is 7.28. The molecule has 1 aliphatic carbocycles. The lowest BCUT2D eigenvalue weighted by molar-refractivity contribution is 0.387. The molecule has 2 rings (SSSR count). The quantitative estimate of drug-likeness (QED) is 0.776. The molecule has 0 saturated heterocycles. The Morgan fingerprint density at radius 1 is 1.32 bits per heavy atom. The zero-order valence-corrected chi connectivity index (χ0v) is 12.2. The van der Waals surface area contributed by atoms with Crippen LogP contribution >= 0.6 is 0 Å². The fourth-order valence-corrected chi connectivity index (χ4v) is 3.59. The summed E-state index contributed by atoms with van der Waals surface area (Å²) in [6.45, 7) is 4.05. The third-order valence-electron chi connectivity index (χ3n) is 2.97. The number of nitrogens with one attached hydrogen (secondary N) is 1. The Hall–Kier alpha value is -1.11. The van der Waals surface area contributed by atoms with Crippen LogP contribution in [0.3, 0.4) is 0 Å². The molecule has 1 aromatic carbocycles. The Bertz CT molecular complexity index is 521. The Morgan fingerprint density at radius 2 is 1.89 bits per heavy atom. The van der Waals surface area contributed by atoms with Crippen molar-refractivity contribution in [3.8, 4) is 0 Å². The molecular formula is C13H21N3O2S. The largest absolute Gasteiger partial charge is 0.399 e. The maximum atomic E-state index is 12.3. The Kier molecular flexibility index (Phi) is 4.13. The van der Waals surface area contributed by atoms with Gasteiger partial charge in [-0.1, -0.05) is 12.1 Å². The zero-order chi connectivity index (χ0) is 14.0. The Balaban J connectivity index is 2.14. The molecule has 106 valence electrons. The summed E-state index contributed by atoms with van der Waals surface area (Å²) in [4.78, 5) is 0. The molecule has 19 heavy (non-hydrogen) atoms. The van der Waals surface area contributed by atoms with E-state index in [1.807, 2.05) is 26.0 Å². The topological polar surface area (TPSA) is 75.4 Å². The lowest BCUT2D eigenvalue weighted by Crippen LogP contribution is -2.44. The van der Waals surface area contributed by atoms with Gasteiger partial charge in [0.25, 0.3) is 10.2 Å². The fourth-order valence-electron chi connectivity index (χ4n) is 1.94. The first-order chi connectivity index (χ1) is 8.88. The van der Waals surface area contributed by atoms with Crippen LogP contribution in [0.5, 0.6) is 0 Å². The third-order valence-corrected chi connectivity index (χ3v) is 4.78. The van der Waals surface area contributed by atoms with Gasteiger partial charge in [0.05, 0.1) is 0 Å². The van der Waals surface area contributed by atoms with Crippen molar-refractivity contribution in [3.63, 3.8) is 0 Å². The number of anilines is 1. The predicted molar refractivity (Wildman–Crippen MR) is 76.6 cm³/mol. The molecule has 0 aliphatic heterocycles. The van der Waals surface area contributed by atoms with Gasteiger partial charge in [-0.05, 0) is 44.4 Å². The molecule has 6 heteroatoms. The summed E-state index contributed by atoms with van der Waals surface area (Å²) in [5, 5.41) is 0. The summed E-state index contributed by atoms with van der Waals surface area (Å²) in [6.07, 6.45) is 1.88. The third kappa shape index (κ3) is 3.92. The standard InChI is InChI=1S/C13H21N3O2S/c1-10(2)15-19(17,18)16(13-7-8-13)9-11-3-5-12(14)6-4-11/h3-6,10,13,15H,7-9,14H2,1-2H3. The molecule has 0 bridgehead atoms. The van der Waals surface area contributed by atoms with Crippen molar-refractivity contribution in [3.05, 3.63) is 29.8 Å². The minimum atomic E-state index is -3.41. The molecule has 1 aliphatic rings. The number of nitrogen functional groups attached to an aromatic ring is 1. The molecule has 0 spiro atoms. The van der Waals surface area contributed by atoms with E-state index >= 15 is 0 Å². The molecular weight excluding hydrogens is 262 g/mol. The van der Waals surface area contributed by atoms with E-state index in [0.29, 0.717) is 12.2 Å². The lowest BCUT2D eigenvalue weighted by Gasteiger charge is -2.23. The van der Waals surface area contributed by atoms with Crippen LogP contribution in [0.2, 0.25) is 0 Å². The molecule has 0 atom stereocenters. The van der Waals surface area contributed by atoms with Gasteiger partial charge in [-0.2, -0.15) is 17.4 Å². The van der Waals surface area contributed by atoms with Crippen LogP contribution in [-0.2, 0) is 16.8 Å². The molecule has 0 heterocycles. The number of hydrogen-bond donors (Lipinski definition) is 2. The summed E-state index contributed by atoms with van der Waals surface area (Å²) in [7, 11) is -3.41. The van der Waals surface area contributed by atoms with E-state index < -0.39 is 10.2 Å². The van der Waals surface area contributed by atoms with E-state index in [2.05, 4.69) is 4.72 Å². The fraction of sp³-hybridized carbons (Fsp3) is 0.538. The van der Waals surface area contributed by atoms with E-state index in [4.69, 9.17) is 5.73 Å². The second kappa shape index (κ2) is 5.48. The van der Waals surface area contributed by atoms with E-state index in [9.17, 15) is 8.42 Å². The van der Waals surface area contributed by atoms with Crippen LogP contribution in [0.4, 0.5) is 5.69 Å². The molecule has 0 radical (unpaired) electrons. The molecule has 1 saturated carbocycles. The van der Waals surface area contributed by atoms with Crippen molar-refractivity contribution < 1.29 is 8.42 Å². The minimum absolute atomic E-state index is 0.0994. The SMILES string of the molecule is CC(C)NS(=O)(=O)N(Cc1ccc(N)cc1)C1CC1. The summed E-state index contributed by atoms with van der Waals surface area (Å²) >= 11 is 0. The van der Waals surface area contributed by atoms with Crippen molar-refractivity contribution in [1.29, 1.82) is 0 Å². The van der Waals surface area contributed by atoms with Gasteiger partial charge in [-0.3, -0.25) is 0 Å². The first-order valence-corrected chi connectivity index (χ1v) is 7.96. The number of benzene rings is 1. The van der Waals surface area contributed by atoms with Crippen LogP contribution in [0, 0.1) is 0 Å². The van der Waals surface area contributed by atoms with E-state index in [1.54, 1.807) is 16.4 Å². The van der Waals surface area contributed by atoms with Crippen LogP contribution < -0.4 is 10.5 Å². The van der Waals surface area contributed by atoms with Gasteiger partial charge < -0.3 is 5.73 Å². The minimum Gasteiger partial charge on any atom is -0.399 e. The van der Waals surface area contributed by atoms with Crippen LogP contribution in [0.1, 0.15) is 32.3 Å². The highest BCUT2D eigenvalue weighted by Gasteiger charge is 2.37. The zero-order valence-electron chi connectivity index (χ0n) is 11.3. The summed E-state index contributed by atoms with van der Waals surface area (Å²) < 4.78 is 28.8. The number of nitrogens with two attached hydrogens (primary N) is 1. The van der Waals surface area contributed by atoms with Gasteiger partial charge in [0.2, 0.25) is 0 Å². The highest BCUT2D eigenvalue weighted by atomic mass is 32.2. The summed E-state index contributed by atoms with van der Waals surface area (Å²) in [6, 6.07) is 7.36. The second-order valence-corrected chi connectivity index (χ2v) is 6.95. The van der Waals surface area contributed by atoms with Crippen molar-refractivity contribution in [1.82, 2.24) is 9.03 Å². The average molecular weight is 283 g/mol. The second-order valence-electron chi connectivity index (χ2n) is 5.30.